The largest absolute Gasteiger partial charge is 0.382 e. The van der Waals surface area contributed by atoms with E-state index in [0.717, 1.165) is 50.6 Å². The molecule has 0 aromatic heterocycles. The maximum absolute atomic E-state index is 11.4. The van der Waals surface area contributed by atoms with Gasteiger partial charge in [-0.25, -0.2) is 0 Å². The molecular weight excluding hydrogens is 801 g/mol. The summed E-state index contributed by atoms with van der Waals surface area (Å²) >= 11 is 0. The third-order valence-electron chi connectivity index (χ3n) is 12.8. The maximum Gasteiger partial charge on any atom is 0.243 e. The molecule has 4 heterocycles. The Morgan fingerprint density at radius 3 is 0.631 bits per heavy atom. The van der Waals surface area contributed by atoms with Crippen molar-refractivity contribution >= 4 is 51.4 Å². The number of anilines is 8. The molecule has 9 nitrogen and oxygen atoms in total. The number of rotatable bonds is 8. The zero-order valence-corrected chi connectivity index (χ0v) is 43.1. The zero-order chi connectivity index (χ0) is 47.7. The third kappa shape index (κ3) is 13.1. The Kier molecular flexibility index (Phi) is 18.0. The standard InChI is InChI=1S/C14H20N2O.3C14H22N2/c1-8(2)10-5-12-13(6-11(10)9(3)4)16-14(17)7-15-12;3*1-9(2)11-7-13-14(16-6-5-15-13)8-12(11)10(3)4/h5-6,8-9,15H,7H2,1-4H3,(H,16,17);3*7-10,15-16H,5-6H2,1-4H3. The third-order valence-corrected chi connectivity index (χ3v) is 12.8. The Morgan fingerprint density at radius 1 is 0.277 bits per heavy atom. The Hall–Kier alpha value is -5.05. The molecule has 356 valence electrons. The van der Waals surface area contributed by atoms with Crippen LogP contribution in [0.4, 0.5) is 45.5 Å². The minimum Gasteiger partial charge on any atom is -0.382 e. The van der Waals surface area contributed by atoms with E-state index in [4.69, 9.17) is 0 Å². The summed E-state index contributed by atoms with van der Waals surface area (Å²) in [6.07, 6.45) is 0. The van der Waals surface area contributed by atoms with Crippen molar-refractivity contribution in [3.63, 3.8) is 0 Å². The molecule has 65 heavy (non-hydrogen) atoms. The quantitative estimate of drug-likeness (QED) is 0.0883. The molecule has 4 aromatic rings. The fourth-order valence-electron chi connectivity index (χ4n) is 9.21. The van der Waals surface area contributed by atoms with Crippen molar-refractivity contribution in [2.24, 2.45) is 0 Å². The lowest BCUT2D eigenvalue weighted by molar-refractivity contribution is -0.114. The Morgan fingerprint density at radius 2 is 0.446 bits per heavy atom. The van der Waals surface area contributed by atoms with Gasteiger partial charge in [0.05, 0.1) is 52.0 Å². The first kappa shape index (κ1) is 50.9. The molecule has 0 fully saturated rings. The fraction of sp³-hybridized carbons (Fsp3) is 0.554. The molecule has 4 aromatic carbocycles. The summed E-state index contributed by atoms with van der Waals surface area (Å²) in [6, 6.07) is 18.2. The molecule has 8 rings (SSSR count). The van der Waals surface area contributed by atoms with E-state index in [-0.39, 0.29) is 5.91 Å². The van der Waals surface area contributed by atoms with E-state index in [1.165, 1.54) is 78.6 Å². The summed E-state index contributed by atoms with van der Waals surface area (Å²) in [5, 5.41) is 26.9. The van der Waals surface area contributed by atoms with Gasteiger partial charge < -0.3 is 42.5 Å². The van der Waals surface area contributed by atoms with Crippen molar-refractivity contribution in [3.8, 4) is 0 Å². The molecule has 0 atom stereocenters. The predicted molar refractivity (Wildman–Crippen MR) is 287 cm³/mol. The number of nitrogens with one attached hydrogen (secondary N) is 8. The van der Waals surface area contributed by atoms with Gasteiger partial charge in [0.2, 0.25) is 5.91 Å². The van der Waals surface area contributed by atoms with Crippen LogP contribution in [0.5, 0.6) is 0 Å². The average molecular weight is 887 g/mol. The number of benzene rings is 4. The molecule has 0 spiro atoms. The summed E-state index contributed by atoms with van der Waals surface area (Å²) in [5.41, 5.74) is 21.1. The van der Waals surface area contributed by atoms with Gasteiger partial charge in [-0.1, -0.05) is 111 Å². The number of hydrogen-bond donors (Lipinski definition) is 8. The molecule has 9 heteroatoms. The highest BCUT2D eigenvalue weighted by Gasteiger charge is 2.21. The predicted octanol–water partition coefficient (Wildman–Crippen LogP) is 14.6. The number of carbonyl (C=O) groups is 1. The first-order valence-corrected chi connectivity index (χ1v) is 24.9. The van der Waals surface area contributed by atoms with Crippen LogP contribution in [-0.4, -0.2) is 51.7 Å². The molecule has 0 aliphatic carbocycles. The number of hydrogen-bond acceptors (Lipinski definition) is 8. The minimum atomic E-state index is 0.0319. The average Bonchev–Trinajstić information content (AvgIpc) is 3.27. The highest BCUT2D eigenvalue weighted by molar-refractivity contribution is 6.00. The van der Waals surface area contributed by atoms with E-state index < -0.39 is 0 Å². The molecule has 4 aliphatic heterocycles. The van der Waals surface area contributed by atoms with E-state index in [0.29, 0.717) is 53.9 Å². The second-order valence-corrected chi connectivity index (χ2v) is 20.8. The van der Waals surface area contributed by atoms with Crippen LogP contribution < -0.4 is 42.5 Å². The van der Waals surface area contributed by atoms with Crippen molar-refractivity contribution in [1.82, 2.24) is 0 Å². The summed E-state index contributed by atoms with van der Waals surface area (Å²) < 4.78 is 0. The molecule has 0 bridgehead atoms. The van der Waals surface area contributed by atoms with Gasteiger partial charge in [0.15, 0.2) is 0 Å². The van der Waals surface area contributed by atoms with E-state index in [1.807, 2.05) is 0 Å². The lowest BCUT2D eigenvalue weighted by Gasteiger charge is -2.25. The van der Waals surface area contributed by atoms with Crippen LogP contribution in [0.2, 0.25) is 0 Å². The molecule has 0 radical (unpaired) electrons. The highest BCUT2D eigenvalue weighted by atomic mass is 16.2. The summed E-state index contributed by atoms with van der Waals surface area (Å²) in [5.74, 6) is 4.53. The van der Waals surface area contributed by atoms with Crippen LogP contribution in [-0.2, 0) is 4.79 Å². The Balaban J connectivity index is 0.000000163. The van der Waals surface area contributed by atoms with Gasteiger partial charge in [0.1, 0.15) is 0 Å². The number of fused-ring (bicyclic) bond motifs is 4. The maximum atomic E-state index is 11.4. The minimum absolute atomic E-state index is 0.0319. The Labute approximate surface area is 394 Å². The number of carbonyl (C=O) groups excluding carboxylic acids is 1. The first-order chi connectivity index (χ1) is 30.8. The lowest BCUT2D eigenvalue weighted by Crippen LogP contribution is -2.27. The molecule has 0 unspecified atom stereocenters. The van der Waals surface area contributed by atoms with Crippen LogP contribution in [0.1, 0.15) is 203 Å². The second kappa shape index (κ2) is 22.9. The van der Waals surface area contributed by atoms with Crippen LogP contribution in [0.3, 0.4) is 0 Å². The molecule has 8 N–H and O–H groups in total. The fourth-order valence-corrected chi connectivity index (χ4v) is 9.21. The molecule has 4 aliphatic rings. The summed E-state index contributed by atoms with van der Waals surface area (Å²) in [7, 11) is 0. The van der Waals surface area contributed by atoms with Crippen LogP contribution >= 0.6 is 0 Å². The number of amides is 1. The van der Waals surface area contributed by atoms with Gasteiger partial charge in [-0.05, 0) is 140 Å². The van der Waals surface area contributed by atoms with Gasteiger partial charge in [-0.3, -0.25) is 4.79 Å². The van der Waals surface area contributed by atoms with Crippen molar-refractivity contribution in [2.45, 2.75) is 158 Å². The van der Waals surface area contributed by atoms with Crippen LogP contribution in [0.25, 0.3) is 0 Å². The van der Waals surface area contributed by atoms with E-state index >= 15 is 0 Å². The normalized spacial score (nSPS) is 14.6. The van der Waals surface area contributed by atoms with Crippen LogP contribution in [0, 0.1) is 0 Å². The van der Waals surface area contributed by atoms with Crippen molar-refractivity contribution in [2.75, 3.05) is 88.3 Å². The van der Waals surface area contributed by atoms with Gasteiger partial charge >= 0.3 is 0 Å². The van der Waals surface area contributed by atoms with Gasteiger partial charge in [0.25, 0.3) is 0 Å². The monoisotopic (exact) mass is 887 g/mol. The Bertz CT molecular complexity index is 1930. The van der Waals surface area contributed by atoms with Gasteiger partial charge in [-0.15, -0.1) is 0 Å². The molecule has 1 amide bonds. The van der Waals surface area contributed by atoms with E-state index in [1.54, 1.807) is 0 Å². The molecule has 0 saturated carbocycles. The van der Waals surface area contributed by atoms with E-state index in [2.05, 4.69) is 202 Å². The first-order valence-electron chi connectivity index (χ1n) is 24.9. The van der Waals surface area contributed by atoms with Crippen molar-refractivity contribution < 1.29 is 4.79 Å². The highest BCUT2D eigenvalue weighted by Crippen LogP contribution is 2.39. The smallest absolute Gasteiger partial charge is 0.243 e. The van der Waals surface area contributed by atoms with E-state index in [9.17, 15) is 4.79 Å². The van der Waals surface area contributed by atoms with Gasteiger partial charge in [-0.2, -0.15) is 0 Å². The van der Waals surface area contributed by atoms with Crippen molar-refractivity contribution in [1.29, 1.82) is 0 Å². The molecule has 0 saturated heterocycles. The van der Waals surface area contributed by atoms with Gasteiger partial charge in [0, 0.05) is 39.3 Å². The summed E-state index contributed by atoms with van der Waals surface area (Å²) in [4.78, 5) is 11.4. The van der Waals surface area contributed by atoms with Crippen LogP contribution in [0.15, 0.2) is 48.5 Å². The lowest BCUT2D eigenvalue weighted by atomic mass is 9.89. The summed E-state index contributed by atoms with van der Waals surface area (Å²) in [6.45, 7) is 42.5. The SMILES string of the molecule is CC(C)c1cc2c(cc1C(C)C)NC(=O)CN2.CC(C)c1cc2c(cc1C(C)C)NCCN2.CC(C)c1cc2c(cc1C(C)C)NCCN2.CC(C)c1cc2c(cc1C(C)C)NCCN2. The van der Waals surface area contributed by atoms with Crippen molar-refractivity contribution in [3.05, 3.63) is 93.0 Å². The topological polar surface area (TPSA) is 113 Å². The second-order valence-electron chi connectivity index (χ2n) is 20.8. The molecular formula is C56H86N8O. The zero-order valence-electron chi connectivity index (χ0n) is 43.1.